The average Bonchev–Trinajstić information content (AvgIpc) is 2.41. The van der Waals surface area contributed by atoms with Gasteiger partial charge in [0.2, 0.25) is 17.8 Å². The van der Waals surface area contributed by atoms with Gasteiger partial charge in [0, 0.05) is 18.6 Å². The highest BCUT2D eigenvalue weighted by Gasteiger charge is 2.08. The number of para-hydroxylation sites is 1. The van der Waals surface area contributed by atoms with Crippen molar-refractivity contribution in [3.63, 3.8) is 0 Å². The molecule has 0 atom stereocenters. The summed E-state index contributed by atoms with van der Waals surface area (Å²) in [5.41, 5.74) is 3.28. The summed E-state index contributed by atoms with van der Waals surface area (Å²) in [6.45, 7) is 0. The molecule has 0 amide bonds. The monoisotopic (exact) mass is 323 g/mol. The summed E-state index contributed by atoms with van der Waals surface area (Å²) < 4.78 is 0.920. The molecule has 1 heterocycles. The van der Waals surface area contributed by atoms with Crippen molar-refractivity contribution >= 4 is 39.5 Å². The third-order valence-corrected chi connectivity index (χ3v) is 2.96. The van der Waals surface area contributed by atoms with Gasteiger partial charge in [-0.15, -0.1) is 0 Å². The number of aromatic nitrogens is 3. The van der Waals surface area contributed by atoms with Crippen LogP contribution in [0.4, 0.5) is 23.5 Å². The Morgan fingerprint density at radius 1 is 1.11 bits per heavy atom. The van der Waals surface area contributed by atoms with Crippen molar-refractivity contribution in [2.45, 2.75) is 0 Å². The zero-order valence-electron chi connectivity index (χ0n) is 10.6. The standard InChI is InChI=1S/C11H14BrN7/c1-19(2)11-16-9(15-10(17-11)18-13)14-8-6-4-3-5-7(8)12/h3-6H,13H2,1-2H3,(H2,14,15,16,17,18). The molecule has 0 saturated heterocycles. The summed E-state index contributed by atoms with van der Waals surface area (Å²) in [6, 6.07) is 7.70. The normalized spacial score (nSPS) is 10.1. The Hall–Kier alpha value is -1.93. The Morgan fingerprint density at radius 3 is 2.42 bits per heavy atom. The topological polar surface area (TPSA) is 92.0 Å². The van der Waals surface area contributed by atoms with Crippen LogP contribution in [0.1, 0.15) is 0 Å². The maximum atomic E-state index is 5.35. The van der Waals surface area contributed by atoms with Crippen molar-refractivity contribution in [3.8, 4) is 0 Å². The average molecular weight is 324 g/mol. The van der Waals surface area contributed by atoms with Gasteiger partial charge in [-0.05, 0) is 28.1 Å². The van der Waals surface area contributed by atoms with Crippen LogP contribution in [0, 0.1) is 0 Å². The first-order valence-corrected chi connectivity index (χ1v) is 6.31. The molecule has 0 aliphatic carbocycles. The molecule has 100 valence electrons. The zero-order chi connectivity index (χ0) is 13.8. The first-order chi connectivity index (χ1) is 9.10. The number of anilines is 4. The van der Waals surface area contributed by atoms with Crippen LogP contribution >= 0.6 is 15.9 Å². The lowest BCUT2D eigenvalue weighted by atomic mass is 10.3. The number of nitrogens with one attached hydrogen (secondary N) is 2. The van der Waals surface area contributed by atoms with E-state index in [2.05, 4.69) is 41.6 Å². The van der Waals surface area contributed by atoms with Crippen LogP contribution in [0.3, 0.4) is 0 Å². The minimum absolute atomic E-state index is 0.299. The van der Waals surface area contributed by atoms with Crippen LogP contribution < -0.4 is 21.5 Å². The third-order valence-electron chi connectivity index (χ3n) is 2.27. The van der Waals surface area contributed by atoms with E-state index in [1.54, 1.807) is 4.90 Å². The number of nitrogens with zero attached hydrogens (tertiary/aromatic N) is 4. The molecule has 19 heavy (non-hydrogen) atoms. The van der Waals surface area contributed by atoms with Crippen LogP contribution in [-0.4, -0.2) is 29.0 Å². The van der Waals surface area contributed by atoms with Crippen molar-refractivity contribution in [1.82, 2.24) is 15.0 Å². The fraction of sp³-hybridized carbons (Fsp3) is 0.182. The smallest absolute Gasteiger partial charge is 0.243 e. The molecule has 2 aromatic rings. The van der Waals surface area contributed by atoms with Crippen molar-refractivity contribution in [3.05, 3.63) is 28.7 Å². The molecule has 0 aliphatic heterocycles. The second-order valence-electron chi connectivity index (χ2n) is 3.93. The van der Waals surface area contributed by atoms with Crippen molar-refractivity contribution in [1.29, 1.82) is 0 Å². The molecule has 0 spiro atoms. The summed E-state index contributed by atoms with van der Waals surface area (Å²) in [5.74, 6) is 6.58. The highest BCUT2D eigenvalue weighted by Crippen LogP contribution is 2.24. The largest absolute Gasteiger partial charge is 0.347 e. The van der Waals surface area contributed by atoms with Gasteiger partial charge in [0.1, 0.15) is 0 Å². The van der Waals surface area contributed by atoms with E-state index < -0.39 is 0 Å². The highest BCUT2D eigenvalue weighted by molar-refractivity contribution is 9.10. The Labute approximate surface area is 119 Å². The van der Waals surface area contributed by atoms with E-state index in [4.69, 9.17) is 5.84 Å². The highest BCUT2D eigenvalue weighted by atomic mass is 79.9. The van der Waals surface area contributed by atoms with Crippen LogP contribution in [0.5, 0.6) is 0 Å². The first kappa shape index (κ1) is 13.5. The number of nitrogen functional groups attached to an aromatic ring is 1. The Kier molecular flexibility index (Phi) is 4.13. The van der Waals surface area contributed by atoms with Crippen molar-refractivity contribution < 1.29 is 0 Å². The Morgan fingerprint density at radius 2 is 1.79 bits per heavy atom. The fourth-order valence-corrected chi connectivity index (χ4v) is 1.75. The molecule has 0 radical (unpaired) electrons. The van der Waals surface area contributed by atoms with Crippen LogP contribution in [-0.2, 0) is 0 Å². The van der Waals surface area contributed by atoms with Gasteiger partial charge in [-0.3, -0.25) is 5.43 Å². The molecule has 0 fully saturated rings. The molecule has 1 aromatic carbocycles. The van der Waals surface area contributed by atoms with E-state index in [9.17, 15) is 0 Å². The van der Waals surface area contributed by atoms with Gasteiger partial charge in [0.05, 0.1) is 5.69 Å². The number of rotatable bonds is 4. The summed E-state index contributed by atoms with van der Waals surface area (Å²) in [4.78, 5) is 14.4. The molecule has 0 unspecified atom stereocenters. The van der Waals surface area contributed by atoms with Crippen molar-refractivity contribution in [2.75, 3.05) is 29.7 Å². The lowest BCUT2D eigenvalue weighted by molar-refractivity contribution is 0.957. The number of hydrogen-bond acceptors (Lipinski definition) is 7. The van der Waals surface area contributed by atoms with Gasteiger partial charge in [-0.25, -0.2) is 5.84 Å². The number of nitrogens with two attached hydrogens (primary N) is 1. The summed E-state index contributed by atoms with van der Waals surface area (Å²) >= 11 is 3.45. The SMILES string of the molecule is CN(C)c1nc(NN)nc(Nc2ccccc2Br)n1. The van der Waals surface area contributed by atoms with E-state index in [-0.39, 0.29) is 0 Å². The predicted molar refractivity (Wildman–Crippen MR) is 79.4 cm³/mol. The van der Waals surface area contributed by atoms with Crippen LogP contribution in [0.15, 0.2) is 28.7 Å². The van der Waals surface area contributed by atoms with Gasteiger partial charge >= 0.3 is 0 Å². The number of benzene rings is 1. The number of hydrogen-bond donors (Lipinski definition) is 3. The Balaban J connectivity index is 2.34. The van der Waals surface area contributed by atoms with E-state index in [1.807, 2.05) is 38.4 Å². The maximum absolute atomic E-state index is 5.35. The van der Waals surface area contributed by atoms with Gasteiger partial charge in [-0.2, -0.15) is 15.0 Å². The lowest BCUT2D eigenvalue weighted by Gasteiger charge is -2.13. The predicted octanol–water partition coefficient (Wildman–Crippen LogP) is 1.73. The van der Waals surface area contributed by atoms with Gasteiger partial charge < -0.3 is 10.2 Å². The van der Waals surface area contributed by atoms with Crippen LogP contribution in [0.25, 0.3) is 0 Å². The number of hydrazine groups is 1. The van der Waals surface area contributed by atoms with E-state index in [1.165, 1.54) is 0 Å². The lowest BCUT2D eigenvalue weighted by Crippen LogP contribution is -2.18. The molecule has 4 N–H and O–H groups in total. The second-order valence-corrected chi connectivity index (χ2v) is 4.78. The van der Waals surface area contributed by atoms with E-state index >= 15 is 0 Å². The molecule has 8 heteroatoms. The summed E-state index contributed by atoms with van der Waals surface area (Å²) in [6.07, 6.45) is 0. The molecule has 7 nitrogen and oxygen atoms in total. The first-order valence-electron chi connectivity index (χ1n) is 5.51. The summed E-state index contributed by atoms with van der Waals surface area (Å²) in [5, 5.41) is 3.11. The minimum atomic E-state index is 0.299. The molecule has 0 saturated carbocycles. The quantitative estimate of drug-likeness (QED) is 0.583. The molecular formula is C11H14BrN7. The third kappa shape index (κ3) is 3.30. The molecular weight excluding hydrogens is 310 g/mol. The van der Waals surface area contributed by atoms with Gasteiger partial charge in [0.25, 0.3) is 0 Å². The van der Waals surface area contributed by atoms with Gasteiger partial charge in [0.15, 0.2) is 0 Å². The van der Waals surface area contributed by atoms with E-state index in [0.29, 0.717) is 17.8 Å². The molecule has 2 rings (SSSR count). The van der Waals surface area contributed by atoms with Crippen LogP contribution in [0.2, 0.25) is 0 Å². The van der Waals surface area contributed by atoms with Crippen molar-refractivity contribution in [2.24, 2.45) is 5.84 Å². The fourth-order valence-electron chi connectivity index (χ4n) is 1.37. The maximum Gasteiger partial charge on any atom is 0.243 e. The zero-order valence-corrected chi connectivity index (χ0v) is 12.1. The Bertz CT molecular complexity index is 573. The van der Waals surface area contributed by atoms with Gasteiger partial charge in [-0.1, -0.05) is 12.1 Å². The van der Waals surface area contributed by atoms with E-state index in [0.717, 1.165) is 10.2 Å². The minimum Gasteiger partial charge on any atom is -0.347 e. The second kappa shape index (κ2) is 5.81. The summed E-state index contributed by atoms with van der Waals surface area (Å²) in [7, 11) is 3.69. The molecule has 0 bridgehead atoms. The molecule has 0 aliphatic rings. The molecule has 1 aromatic heterocycles. The number of halogens is 1.